The van der Waals surface area contributed by atoms with E-state index in [-0.39, 0.29) is 41.9 Å². The van der Waals surface area contributed by atoms with Gasteiger partial charge in [-0.25, -0.2) is 8.78 Å². The molecule has 6 nitrogen and oxygen atoms in total. The molecule has 8 heteroatoms. The van der Waals surface area contributed by atoms with E-state index >= 15 is 8.78 Å². The number of nitrogen functional groups attached to an aromatic ring is 1. The highest BCUT2D eigenvalue weighted by Crippen LogP contribution is 2.36. The third-order valence-corrected chi connectivity index (χ3v) is 6.00. The first-order chi connectivity index (χ1) is 16.5. The lowest BCUT2D eigenvalue weighted by Gasteiger charge is -2.23. The lowest BCUT2D eigenvalue weighted by atomic mass is 9.89. The second-order valence-corrected chi connectivity index (χ2v) is 9.50. The third-order valence-electron chi connectivity index (χ3n) is 6.00. The molecule has 2 aromatic carbocycles. The number of aliphatic imine (C=N–C) groups is 1. The number of hydrogen-bond acceptors (Lipinski definition) is 5. The Kier molecular flexibility index (Phi) is 6.42. The van der Waals surface area contributed by atoms with E-state index in [1.165, 1.54) is 17.0 Å². The summed E-state index contributed by atoms with van der Waals surface area (Å²) in [7, 11) is 0. The Labute approximate surface area is 203 Å². The summed E-state index contributed by atoms with van der Waals surface area (Å²) in [6, 6.07) is 9.07. The number of aromatic nitrogens is 1. The lowest BCUT2D eigenvalue weighted by Crippen LogP contribution is -2.24. The summed E-state index contributed by atoms with van der Waals surface area (Å²) < 4.78 is 30.4. The lowest BCUT2D eigenvalue weighted by molar-refractivity contribution is 0.0761. The quantitative estimate of drug-likeness (QED) is 0.393. The standard InChI is InChI=1S/C27H28F2N4O2/c1-15(2)32-12-19-17(7-8-21(25(19)30)27(3,4)35)16-10-22(28)20(23(29)11-16)13-33-14-24-18(26(33)34)6-5-9-31-24/h5-12,15,35H,13-14,30H2,1-4H3. The van der Waals surface area contributed by atoms with Crippen LogP contribution in [0.1, 0.15) is 60.4 Å². The van der Waals surface area contributed by atoms with Crippen molar-refractivity contribution in [2.24, 2.45) is 4.99 Å². The number of carbonyl (C=O) groups excluding carboxylic acids is 1. The maximum absolute atomic E-state index is 15.2. The second kappa shape index (κ2) is 9.19. The first kappa shape index (κ1) is 24.5. The summed E-state index contributed by atoms with van der Waals surface area (Å²) in [6.07, 6.45) is 3.15. The van der Waals surface area contributed by atoms with Crippen LogP contribution in [0.5, 0.6) is 0 Å². The second-order valence-electron chi connectivity index (χ2n) is 9.50. The number of aliphatic hydroxyl groups is 1. The van der Waals surface area contributed by atoms with E-state index in [4.69, 9.17) is 5.73 Å². The summed E-state index contributed by atoms with van der Waals surface area (Å²) in [5.74, 6) is -1.85. The van der Waals surface area contributed by atoms with Crippen molar-refractivity contribution in [3.63, 3.8) is 0 Å². The van der Waals surface area contributed by atoms with E-state index in [1.807, 2.05) is 13.8 Å². The molecule has 0 fully saturated rings. The summed E-state index contributed by atoms with van der Waals surface area (Å²) in [5, 5.41) is 10.5. The number of nitrogens with two attached hydrogens (primary N) is 1. The molecule has 1 aliphatic heterocycles. The zero-order chi connectivity index (χ0) is 25.5. The molecule has 0 atom stereocenters. The number of halogens is 2. The normalized spacial score (nSPS) is 13.8. The molecular weight excluding hydrogens is 450 g/mol. The van der Waals surface area contributed by atoms with Crippen LogP contribution in [-0.2, 0) is 18.7 Å². The fourth-order valence-corrected chi connectivity index (χ4v) is 4.19. The van der Waals surface area contributed by atoms with Gasteiger partial charge in [-0.1, -0.05) is 12.1 Å². The van der Waals surface area contributed by atoms with Gasteiger partial charge in [0, 0.05) is 40.8 Å². The van der Waals surface area contributed by atoms with Crippen LogP contribution in [0, 0.1) is 11.6 Å². The summed E-state index contributed by atoms with van der Waals surface area (Å²) >= 11 is 0. The van der Waals surface area contributed by atoms with E-state index < -0.39 is 17.2 Å². The van der Waals surface area contributed by atoms with Gasteiger partial charge in [0.15, 0.2) is 0 Å². The zero-order valence-corrected chi connectivity index (χ0v) is 20.1. The molecule has 0 saturated carbocycles. The average molecular weight is 479 g/mol. The molecule has 0 bridgehead atoms. The molecular formula is C27H28F2N4O2. The van der Waals surface area contributed by atoms with Crippen molar-refractivity contribution in [1.29, 1.82) is 0 Å². The van der Waals surface area contributed by atoms with Crippen molar-refractivity contribution in [1.82, 2.24) is 9.88 Å². The molecule has 0 radical (unpaired) electrons. The zero-order valence-electron chi connectivity index (χ0n) is 20.1. The minimum atomic E-state index is -1.21. The summed E-state index contributed by atoms with van der Waals surface area (Å²) in [4.78, 5) is 22.6. The molecule has 1 aliphatic rings. The fraction of sp³-hybridized carbons (Fsp3) is 0.296. The Bertz CT molecular complexity index is 1310. The van der Waals surface area contributed by atoms with Gasteiger partial charge >= 0.3 is 0 Å². The molecule has 0 aliphatic carbocycles. The van der Waals surface area contributed by atoms with Crippen molar-refractivity contribution >= 4 is 17.8 Å². The number of fused-ring (bicyclic) bond motifs is 1. The van der Waals surface area contributed by atoms with Crippen LogP contribution in [0.25, 0.3) is 11.1 Å². The monoisotopic (exact) mass is 478 g/mol. The van der Waals surface area contributed by atoms with Crippen molar-refractivity contribution in [3.05, 3.63) is 82.2 Å². The van der Waals surface area contributed by atoms with E-state index in [0.29, 0.717) is 27.9 Å². The summed E-state index contributed by atoms with van der Waals surface area (Å²) in [6.45, 7) is 7.00. The number of pyridine rings is 1. The van der Waals surface area contributed by atoms with Gasteiger partial charge in [-0.05, 0) is 63.1 Å². The van der Waals surface area contributed by atoms with Gasteiger partial charge in [-0.2, -0.15) is 0 Å². The van der Waals surface area contributed by atoms with Crippen LogP contribution in [0.3, 0.4) is 0 Å². The molecule has 3 aromatic rings. The van der Waals surface area contributed by atoms with Crippen LogP contribution >= 0.6 is 0 Å². The van der Waals surface area contributed by atoms with Gasteiger partial charge in [-0.3, -0.25) is 14.8 Å². The maximum Gasteiger partial charge on any atom is 0.256 e. The predicted octanol–water partition coefficient (Wildman–Crippen LogP) is 4.82. The number of benzene rings is 2. The number of anilines is 1. The molecule has 182 valence electrons. The third kappa shape index (κ3) is 4.79. The van der Waals surface area contributed by atoms with Gasteiger partial charge in [0.25, 0.3) is 5.91 Å². The number of nitrogens with zero attached hydrogens (tertiary/aromatic N) is 3. The number of hydrogen-bond donors (Lipinski definition) is 2. The van der Waals surface area contributed by atoms with Gasteiger partial charge < -0.3 is 15.7 Å². The molecule has 1 amide bonds. The molecule has 1 aromatic heterocycles. The van der Waals surface area contributed by atoms with Gasteiger partial charge in [0.2, 0.25) is 0 Å². The van der Waals surface area contributed by atoms with E-state index in [2.05, 4.69) is 9.98 Å². The molecule has 35 heavy (non-hydrogen) atoms. The molecule has 2 heterocycles. The van der Waals surface area contributed by atoms with Gasteiger partial charge in [-0.15, -0.1) is 0 Å². The minimum Gasteiger partial charge on any atom is -0.398 e. The van der Waals surface area contributed by atoms with Crippen LogP contribution in [0.4, 0.5) is 14.5 Å². The molecule has 4 rings (SSSR count). The van der Waals surface area contributed by atoms with E-state index in [9.17, 15) is 9.90 Å². The smallest absolute Gasteiger partial charge is 0.256 e. The minimum absolute atomic E-state index is 0.0273. The summed E-state index contributed by atoms with van der Waals surface area (Å²) in [5.41, 5.74) is 8.02. The SMILES string of the molecule is CC(C)N=Cc1c(-c2cc(F)c(CN3Cc4ncccc4C3=O)c(F)c2)ccc(C(C)(C)O)c1N. The van der Waals surface area contributed by atoms with E-state index in [1.54, 1.807) is 50.5 Å². The first-order valence-corrected chi connectivity index (χ1v) is 11.4. The van der Waals surface area contributed by atoms with Gasteiger partial charge in [0.05, 0.1) is 29.9 Å². The Morgan fingerprint density at radius 3 is 2.49 bits per heavy atom. The maximum atomic E-state index is 15.2. The van der Waals surface area contributed by atoms with E-state index in [0.717, 1.165) is 0 Å². The fourth-order valence-electron chi connectivity index (χ4n) is 4.19. The predicted molar refractivity (Wildman–Crippen MR) is 132 cm³/mol. The Morgan fingerprint density at radius 2 is 1.89 bits per heavy atom. The van der Waals surface area contributed by atoms with Crippen molar-refractivity contribution in [3.8, 4) is 11.1 Å². The Hall–Kier alpha value is -3.65. The van der Waals surface area contributed by atoms with Crippen LogP contribution in [0.2, 0.25) is 0 Å². The van der Waals surface area contributed by atoms with Crippen LogP contribution in [0.15, 0.2) is 47.6 Å². The molecule has 3 N–H and O–H groups in total. The van der Waals surface area contributed by atoms with Gasteiger partial charge in [0.1, 0.15) is 11.6 Å². The highest BCUT2D eigenvalue weighted by molar-refractivity contribution is 5.98. The van der Waals surface area contributed by atoms with Crippen molar-refractivity contribution in [2.75, 3.05) is 5.73 Å². The number of amides is 1. The average Bonchev–Trinajstić information content (AvgIpc) is 3.09. The Morgan fingerprint density at radius 1 is 1.20 bits per heavy atom. The Balaban J connectivity index is 1.73. The largest absolute Gasteiger partial charge is 0.398 e. The molecule has 0 saturated heterocycles. The van der Waals surface area contributed by atoms with Crippen LogP contribution < -0.4 is 5.73 Å². The van der Waals surface area contributed by atoms with Crippen molar-refractivity contribution in [2.45, 2.75) is 52.4 Å². The first-order valence-electron chi connectivity index (χ1n) is 11.4. The van der Waals surface area contributed by atoms with Crippen molar-refractivity contribution < 1.29 is 18.7 Å². The highest BCUT2D eigenvalue weighted by atomic mass is 19.1. The van der Waals surface area contributed by atoms with Crippen LogP contribution in [-0.4, -0.2) is 33.2 Å². The number of carbonyl (C=O) groups is 1. The molecule has 0 unspecified atom stereocenters. The highest BCUT2D eigenvalue weighted by Gasteiger charge is 2.30. The topological polar surface area (TPSA) is 91.8 Å². The molecule has 0 spiro atoms. The number of rotatable bonds is 6.